The number of ether oxygens (including phenoxy) is 2. The third-order valence-electron chi connectivity index (χ3n) is 2.14. The standard InChI is InChI=1S/C11H14F3NO4S/c1-8(7-18-2)15-20(16,17)10-5-3-9(4-6-10)19-11(12,13)14/h3-6,8,15H,7H2,1-2H3. The zero-order valence-electron chi connectivity index (χ0n) is 10.8. The Labute approximate surface area is 114 Å². The van der Waals surface area contributed by atoms with E-state index in [1.54, 1.807) is 6.92 Å². The SMILES string of the molecule is COCC(C)NS(=O)(=O)c1ccc(OC(F)(F)F)cc1. The number of alkyl halides is 3. The molecule has 0 aromatic heterocycles. The van der Waals surface area contributed by atoms with Crippen molar-refractivity contribution in [1.82, 2.24) is 4.72 Å². The first-order valence-electron chi connectivity index (χ1n) is 5.51. The van der Waals surface area contributed by atoms with Crippen LogP contribution in [0.15, 0.2) is 29.2 Å². The molecule has 0 fully saturated rings. The summed E-state index contributed by atoms with van der Waals surface area (Å²) in [6.07, 6.45) is -4.81. The van der Waals surface area contributed by atoms with Crippen molar-refractivity contribution >= 4 is 10.0 Å². The van der Waals surface area contributed by atoms with E-state index in [4.69, 9.17) is 4.74 Å². The molecule has 0 heterocycles. The highest BCUT2D eigenvalue weighted by atomic mass is 32.2. The Hall–Kier alpha value is -1.32. The van der Waals surface area contributed by atoms with Gasteiger partial charge in [0.1, 0.15) is 5.75 Å². The van der Waals surface area contributed by atoms with Gasteiger partial charge in [-0.2, -0.15) is 0 Å². The van der Waals surface area contributed by atoms with Crippen LogP contribution < -0.4 is 9.46 Å². The van der Waals surface area contributed by atoms with E-state index in [2.05, 4.69) is 9.46 Å². The third-order valence-corrected chi connectivity index (χ3v) is 3.75. The van der Waals surface area contributed by atoms with Gasteiger partial charge in [0.15, 0.2) is 0 Å². The summed E-state index contributed by atoms with van der Waals surface area (Å²) in [5, 5.41) is 0. The zero-order chi connectivity index (χ0) is 15.4. The molecule has 1 rings (SSSR count). The van der Waals surface area contributed by atoms with Crippen LogP contribution in [0.5, 0.6) is 5.75 Å². The largest absolute Gasteiger partial charge is 0.573 e. The van der Waals surface area contributed by atoms with Crippen molar-refractivity contribution in [2.75, 3.05) is 13.7 Å². The van der Waals surface area contributed by atoms with Gasteiger partial charge in [-0.3, -0.25) is 0 Å². The second-order valence-electron chi connectivity index (χ2n) is 4.00. The lowest BCUT2D eigenvalue weighted by Gasteiger charge is -2.14. The van der Waals surface area contributed by atoms with Crippen molar-refractivity contribution in [1.29, 1.82) is 0 Å². The third kappa shape index (κ3) is 5.35. The van der Waals surface area contributed by atoms with Crippen molar-refractivity contribution in [3.8, 4) is 5.75 Å². The van der Waals surface area contributed by atoms with E-state index in [9.17, 15) is 21.6 Å². The predicted molar refractivity (Wildman–Crippen MR) is 64.8 cm³/mol. The van der Waals surface area contributed by atoms with Gasteiger partial charge in [0.2, 0.25) is 10.0 Å². The number of nitrogens with one attached hydrogen (secondary N) is 1. The lowest BCUT2D eigenvalue weighted by molar-refractivity contribution is -0.274. The maximum atomic E-state index is 12.0. The Morgan fingerprint density at radius 2 is 1.80 bits per heavy atom. The lowest BCUT2D eigenvalue weighted by Crippen LogP contribution is -2.35. The molecule has 1 unspecified atom stereocenters. The highest BCUT2D eigenvalue weighted by molar-refractivity contribution is 7.89. The number of rotatable bonds is 6. The van der Waals surface area contributed by atoms with E-state index in [1.165, 1.54) is 7.11 Å². The summed E-state index contributed by atoms with van der Waals surface area (Å²) < 4.78 is 70.4. The molecule has 1 atom stereocenters. The van der Waals surface area contributed by atoms with Gasteiger partial charge in [0.25, 0.3) is 0 Å². The summed E-state index contributed by atoms with van der Waals surface area (Å²) in [5.74, 6) is -0.485. The smallest absolute Gasteiger partial charge is 0.406 e. The molecule has 0 saturated carbocycles. The first-order chi connectivity index (χ1) is 9.14. The molecule has 1 N–H and O–H groups in total. The molecule has 0 saturated heterocycles. The molecular formula is C11H14F3NO4S. The van der Waals surface area contributed by atoms with Crippen molar-refractivity contribution < 1.29 is 31.1 Å². The Kier molecular flexibility index (Phi) is 5.37. The number of halogens is 3. The second-order valence-corrected chi connectivity index (χ2v) is 5.71. The molecule has 0 radical (unpaired) electrons. The fourth-order valence-electron chi connectivity index (χ4n) is 1.44. The molecule has 0 aliphatic rings. The molecule has 9 heteroatoms. The summed E-state index contributed by atoms with van der Waals surface area (Å²) in [6, 6.07) is 3.47. The minimum atomic E-state index is -4.81. The number of methoxy groups -OCH3 is 1. The predicted octanol–water partition coefficient (Wildman–Crippen LogP) is 1.90. The summed E-state index contributed by atoms with van der Waals surface area (Å²) >= 11 is 0. The first kappa shape index (κ1) is 16.7. The summed E-state index contributed by atoms with van der Waals surface area (Å²) in [7, 11) is -2.38. The zero-order valence-corrected chi connectivity index (χ0v) is 11.6. The fourth-order valence-corrected chi connectivity index (χ4v) is 2.67. The maximum Gasteiger partial charge on any atom is 0.573 e. The minimum Gasteiger partial charge on any atom is -0.406 e. The average Bonchev–Trinajstić information content (AvgIpc) is 2.26. The molecule has 0 aliphatic carbocycles. The average molecular weight is 313 g/mol. The van der Waals surface area contributed by atoms with E-state index in [-0.39, 0.29) is 11.5 Å². The van der Waals surface area contributed by atoms with Gasteiger partial charge in [-0.25, -0.2) is 13.1 Å². The Morgan fingerprint density at radius 1 is 1.25 bits per heavy atom. The monoisotopic (exact) mass is 313 g/mol. The van der Waals surface area contributed by atoms with Crippen molar-refractivity contribution in [2.45, 2.75) is 24.2 Å². The number of benzene rings is 1. The van der Waals surface area contributed by atoms with Crippen LogP contribution in [0.3, 0.4) is 0 Å². The second kappa shape index (κ2) is 6.42. The van der Waals surface area contributed by atoms with E-state index in [0.29, 0.717) is 0 Å². The van der Waals surface area contributed by atoms with Gasteiger partial charge in [-0.05, 0) is 31.2 Å². The van der Waals surface area contributed by atoms with Gasteiger partial charge >= 0.3 is 6.36 Å². The number of hydrogen-bond donors (Lipinski definition) is 1. The van der Waals surface area contributed by atoms with Crippen LogP contribution >= 0.6 is 0 Å². The van der Waals surface area contributed by atoms with E-state index in [0.717, 1.165) is 24.3 Å². The Morgan fingerprint density at radius 3 is 2.25 bits per heavy atom. The molecule has 0 spiro atoms. The number of hydrogen-bond acceptors (Lipinski definition) is 4. The van der Waals surface area contributed by atoms with E-state index >= 15 is 0 Å². The van der Waals surface area contributed by atoms with Crippen molar-refractivity contribution in [3.05, 3.63) is 24.3 Å². The topological polar surface area (TPSA) is 64.6 Å². The molecule has 5 nitrogen and oxygen atoms in total. The van der Waals surface area contributed by atoms with Crippen LogP contribution in [0.2, 0.25) is 0 Å². The fraction of sp³-hybridized carbons (Fsp3) is 0.455. The van der Waals surface area contributed by atoms with Gasteiger partial charge < -0.3 is 9.47 Å². The Bertz CT molecular complexity index is 528. The molecule has 114 valence electrons. The van der Waals surface area contributed by atoms with E-state index < -0.39 is 28.2 Å². The number of sulfonamides is 1. The molecule has 0 bridgehead atoms. The van der Waals surface area contributed by atoms with Crippen LogP contribution in [-0.2, 0) is 14.8 Å². The normalized spacial score (nSPS) is 14.1. The van der Waals surface area contributed by atoms with Crippen molar-refractivity contribution in [3.63, 3.8) is 0 Å². The van der Waals surface area contributed by atoms with Gasteiger partial charge in [-0.15, -0.1) is 13.2 Å². The highest BCUT2D eigenvalue weighted by Gasteiger charge is 2.31. The molecule has 20 heavy (non-hydrogen) atoms. The van der Waals surface area contributed by atoms with Gasteiger partial charge in [-0.1, -0.05) is 0 Å². The molecular weight excluding hydrogens is 299 g/mol. The van der Waals surface area contributed by atoms with Gasteiger partial charge in [0, 0.05) is 13.2 Å². The molecule has 0 aliphatic heterocycles. The van der Waals surface area contributed by atoms with Crippen LogP contribution in [0.1, 0.15) is 6.92 Å². The molecule has 1 aromatic carbocycles. The van der Waals surface area contributed by atoms with E-state index in [1.807, 2.05) is 0 Å². The van der Waals surface area contributed by atoms with Crippen LogP contribution in [0.4, 0.5) is 13.2 Å². The Balaban J connectivity index is 2.82. The summed E-state index contributed by atoms with van der Waals surface area (Å²) in [4.78, 5) is -0.157. The van der Waals surface area contributed by atoms with Crippen LogP contribution in [-0.4, -0.2) is 34.5 Å². The summed E-state index contributed by atoms with van der Waals surface area (Å²) in [6.45, 7) is 1.77. The summed E-state index contributed by atoms with van der Waals surface area (Å²) in [5.41, 5.74) is 0. The van der Waals surface area contributed by atoms with Crippen LogP contribution in [0, 0.1) is 0 Å². The molecule has 1 aromatic rings. The maximum absolute atomic E-state index is 12.0. The molecule has 0 amide bonds. The first-order valence-corrected chi connectivity index (χ1v) is 6.99. The quantitative estimate of drug-likeness (QED) is 0.871. The lowest BCUT2D eigenvalue weighted by atomic mass is 10.3. The van der Waals surface area contributed by atoms with Crippen LogP contribution in [0.25, 0.3) is 0 Å². The highest BCUT2D eigenvalue weighted by Crippen LogP contribution is 2.23. The van der Waals surface area contributed by atoms with Crippen molar-refractivity contribution in [2.24, 2.45) is 0 Å². The van der Waals surface area contributed by atoms with Gasteiger partial charge in [0.05, 0.1) is 11.5 Å². The minimum absolute atomic E-state index is 0.157.